The molecule has 3 aromatic carbocycles. The van der Waals surface area contributed by atoms with Crippen LogP contribution in [0.2, 0.25) is 5.02 Å². The molecule has 0 amide bonds. The number of hydrogen-bond acceptors (Lipinski definition) is 3. The molecule has 0 aliphatic heterocycles. The molecule has 1 aromatic heterocycles. The fourth-order valence-corrected chi connectivity index (χ4v) is 3.30. The Bertz CT molecular complexity index is 1070. The molecular formula is C21H19ClN2O2. The number of halogens is 1. The molecule has 0 saturated heterocycles. The van der Waals surface area contributed by atoms with E-state index in [1.807, 2.05) is 53.1 Å². The van der Waals surface area contributed by atoms with E-state index in [0.717, 1.165) is 28.0 Å². The molecule has 1 N–H and O–H groups in total. The Morgan fingerprint density at radius 3 is 2.69 bits per heavy atom. The fourth-order valence-electron chi connectivity index (χ4n) is 3.13. The number of hydrogen-bond donors (Lipinski definition) is 1. The number of ether oxygens (including phenoxy) is 1. The average molecular weight is 367 g/mol. The van der Waals surface area contributed by atoms with E-state index in [-0.39, 0.29) is 0 Å². The molecule has 0 bridgehead atoms. The topological polar surface area (TPSA) is 47.3 Å². The summed E-state index contributed by atoms with van der Waals surface area (Å²) in [6, 6.07) is 19.8. The molecule has 1 atom stereocenters. The van der Waals surface area contributed by atoms with Crippen molar-refractivity contribution >= 4 is 33.4 Å². The summed E-state index contributed by atoms with van der Waals surface area (Å²) in [5, 5.41) is 12.8. The lowest BCUT2D eigenvalue weighted by Crippen LogP contribution is -2.15. The summed E-state index contributed by atoms with van der Waals surface area (Å²) >= 11 is 6.13. The third-order valence-electron chi connectivity index (χ3n) is 4.32. The SMILES string of the molecule is CC(O)Cn1c(COc2ccc3ccccc3c2)nc2ccc(Cl)cc21. The molecule has 132 valence electrons. The van der Waals surface area contributed by atoms with Gasteiger partial charge in [-0.1, -0.05) is 41.9 Å². The minimum Gasteiger partial charge on any atom is -0.486 e. The van der Waals surface area contributed by atoms with Gasteiger partial charge in [0.2, 0.25) is 0 Å². The van der Waals surface area contributed by atoms with E-state index in [9.17, 15) is 5.11 Å². The molecule has 5 heteroatoms. The van der Waals surface area contributed by atoms with Crippen LogP contribution in [0.4, 0.5) is 0 Å². The molecular weight excluding hydrogens is 348 g/mol. The highest BCUT2D eigenvalue weighted by Crippen LogP contribution is 2.24. The Morgan fingerprint density at radius 2 is 1.88 bits per heavy atom. The lowest BCUT2D eigenvalue weighted by Gasteiger charge is -2.12. The van der Waals surface area contributed by atoms with E-state index in [1.54, 1.807) is 6.92 Å². The highest BCUT2D eigenvalue weighted by atomic mass is 35.5. The minimum atomic E-state index is -0.495. The zero-order chi connectivity index (χ0) is 18.1. The molecule has 0 spiro atoms. The van der Waals surface area contributed by atoms with Crippen LogP contribution in [0.3, 0.4) is 0 Å². The summed E-state index contributed by atoms with van der Waals surface area (Å²) in [5.41, 5.74) is 1.74. The third-order valence-corrected chi connectivity index (χ3v) is 4.56. The van der Waals surface area contributed by atoms with Crippen molar-refractivity contribution in [3.05, 3.63) is 71.5 Å². The van der Waals surface area contributed by atoms with Crippen molar-refractivity contribution in [2.24, 2.45) is 0 Å². The molecule has 0 aliphatic carbocycles. The number of nitrogens with zero attached hydrogens (tertiary/aromatic N) is 2. The summed E-state index contributed by atoms with van der Waals surface area (Å²) in [4.78, 5) is 4.65. The number of aliphatic hydroxyl groups excluding tert-OH is 1. The summed E-state index contributed by atoms with van der Waals surface area (Å²) in [6.45, 7) is 2.51. The molecule has 1 unspecified atom stereocenters. The third kappa shape index (κ3) is 3.39. The molecule has 4 nitrogen and oxygen atoms in total. The van der Waals surface area contributed by atoms with E-state index in [2.05, 4.69) is 17.1 Å². The Kier molecular flexibility index (Phi) is 4.53. The van der Waals surface area contributed by atoms with Crippen molar-refractivity contribution in [2.45, 2.75) is 26.2 Å². The van der Waals surface area contributed by atoms with Crippen molar-refractivity contribution in [1.29, 1.82) is 0 Å². The van der Waals surface area contributed by atoms with E-state index >= 15 is 0 Å². The van der Waals surface area contributed by atoms with Crippen LogP contribution in [0.25, 0.3) is 21.8 Å². The first-order chi connectivity index (χ1) is 12.6. The Morgan fingerprint density at radius 1 is 1.08 bits per heavy atom. The smallest absolute Gasteiger partial charge is 0.148 e. The summed E-state index contributed by atoms with van der Waals surface area (Å²) < 4.78 is 7.95. The predicted octanol–water partition coefficient (Wildman–Crippen LogP) is 4.80. The molecule has 4 aromatic rings. The second-order valence-corrected chi connectivity index (χ2v) is 6.85. The van der Waals surface area contributed by atoms with Gasteiger partial charge in [-0.15, -0.1) is 0 Å². The molecule has 0 saturated carbocycles. The highest BCUT2D eigenvalue weighted by Gasteiger charge is 2.13. The zero-order valence-electron chi connectivity index (χ0n) is 14.4. The van der Waals surface area contributed by atoms with Gasteiger partial charge in [-0.05, 0) is 48.0 Å². The second-order valence-electron chi connectivity index (χ2n) is 6.42. The molecule has 26 heavy (non-hydrogen) atoms. The van der Waals surface area contributed by atoms with Crippen LogP contribution < -0.4 is 4.74 Å². The van der Waals surface area contributed by atoms with Crippen molar-refractivity contribution in [1.82, 2.24) is 9.55 Å². The first kappa shape index (κ1) is 16.9. The number of rotatable bonds is 5. The average Bonchev–Trinajstić information content (AvgIpc) is 2.96. The van der Waals surface area contributed by atoms with Gasteiger partial charge in [0, 0.05) is 5.02 Å². The number of aromatic nitrogens is 2. The van der Waals surface area contributed by atoms with Gasteiger partial charge in [-0.3, -0.25) is 0 Å². The second kappa shape index (κ2) is 6.98. The molecule has 1 heterocycles. The van der Waals surface area contributed by atoms with Crippen LogP contribution >= 0.6 is 11.6 Å². The quantitative estimate of drug-likeness (QED) is 0.551. The Hall–Kier alpha value is -2.56. The van der Waals surface area contributed by atoms with Crippen molar-refractivity contribution in [3.63, 3.8) is 0 Å². The first-order valence-corrected chi connectivity index (χ1v) is 8.92. The number of aliphatic hydroxyl groups is 1. The maximum atomic E-state index is 9.86. The summed E-state index contributed by atoms with van der Waals surface area (Å²) in [5.74, 6) is 1.55. The standard InChI is InChI=1S/C21H19ClN2O2/c1-14(25)12-24-20-11-17(22)7-9-19(20)23-21(24)13-26-18-8-6-15-4-2-3-5-16(15)10-18/h2-11,14,25H,12-13H2,1H3. The van der Waals surface area contributed by atoms with Gasteiger partial charge in [0.25, 0.3) is 0 Å². The zero-order valence-corrected chi connectivity index (χ0v) is 15.1. The van der Waals surface area contributed by atoms with Crippen molar-refractivity contribution in [2.75, 3.05) is 0 Å². The van der Waals surface area contributed by atoms with Gasteiger partial charge < -0.3 is 14.4 Å². The highest BCUT2D eigenvalue weighted by molar-refractivity contribution is 6.31. The molecule has 0 fully saturated rings. The number of benzene rings is 3. The van der Waals surface area contributed by atoms with Crippen LogP contribution in [-0.4, -0.2) is 20.8 Å². The number of imidazole rings is 1. The monoisotopic (exact) mass is 366 g/mol. The van der Waals surface area contributed by atoms with Gasteiger partial charge in [0.05, 0.1) is 23.7 Å². The predicted molar refractivity (Wildman–Crippen MR) is 105 cm³/mol. The molecule has 0 radical (unpaired) electrons. The van der Waals surface area contributed by atoms with Gasteiger partial charge in [-0.25, -0.2) is 4.98 Å². The summed E-state index contributed by atoms with van der Waals surface area (Å²) in [6.07, 6.45) is -0.495. The van der Waals surface area contributed by atoms with E-state index < -0.39 is 6.10 Å². The van der Waals surface area contributed by atoms with Crippen molar-refractivity contribution in [3.8, 4) is 5.75 Å². The van der Waals surface area contributed by atoms with Gasteiger partial charge in [-0.2, -0.15) is 0 Å². The van der Waals surface area contributed by atoms with E-state index in [0.29, 0.717) is 18.2 Å². The van der Waals surface area contributed by atoms with Gasteiger partial charge >= 0.3 is 0 Å². The number of fused-ring (bicyclic) bond motifs is 2. The minimum absolute atomic E-state index is 0.317. The largest absolute Gasteiger partial charge is 0.486 e. The first-order valence-electron chi connectivity index (χ1n) is 8.54. The lowest BCUT2D eigenvalue weighted by molar-refractivity contribution is 0.171. The maximum Gasteiger partial charge on any atom is 0.148 e. The van der Waals surface area contributed by atoms with Crippen molar-refractivity contribution < 1.29 is 9.84 Å². The van der Waals surface area contributed by atoms with Crippen LogP contribution in [-0.2, 0) is 13.2 Å². The molecule has 4 rings (SSSR count). The lowest BCUT2D eigenvalue weighted by atomic mass is 10.1. The van der Waals surface area contributed by atoms with Gasteiger partial charge in [0.15, 0.2) is 0 Å². The summed E-state index contributed by atoms with van der Waals surface area (Å²) in [7, 11) is 0. The van der Waals surface area contributed by atoms with Gasteiger partial charge in [0.1, 0.15) is 18.2 Å². The maximum absolute atomic E-state index is 9.86. The Balaban J connectivity index is 1.65. The van der Waals surface area contributed by atoms with Crippen LogP contribution in [0.1, 0.15) is 12.7 Å². The van der Waals surface area contributed by atoms with E-state index in [4.69, 9.17) is 16.3 Å². The molecule has 0 aliphatic rings. The fraction of sp³-hybridized carbons (Fsp3) is 0.190. The van der Waals surface area contributed by atoms with E-state index in [1.165, 1.54) is 5.39 Å². The Labute approximate surface area is 156 Å². The normalized spacial score (nSPS) is 12.6. The van der Waals surface area contributed by atoms with Crippen LogP contribution in [0.5, 0.6) is 5.75 Å². The van der Waals surface area contributed by atoms with Crippen LogP contribution in [0, 0.1) is 0 Å². The van der Waals surface area contributed by atoms with Crippen LogP contribution in [0.15, 0.2) is 60.7 Å².